The topological polar surface area (TPSA) is 29.1 Å². The van der Waals surface area contributed by atoms with Gasteiger partial charge >= 0.3 is 0 Å². The maximum atomic E-state index is 11.9. The van der Waals surface area contributed by atoms with Crippen molar-refractivity contribution in [1.29, 1.82) is 0 Å². The number of benzene rings is 1. The number of rotatable bonds is 4. The van der Waals surface area contributed by atoms with Crippen LogP contribution in [0.5, 0.6) is 0 Å². The maximum Gasteiger partial charge on any atom is 0.251 e. The SMILES string of the molecule is CC(C)(C)CC(Br)CNC(=O)c1ccc(Cl)c(Cl)c1. The quantitative estimate of drug-likeness (QED) is 0.752. The lowest BCUT2D eigenvalue weighted by molar-refractivity contribution is 0.0952. The summed E-state index contributed by atoms with van der Waals surface area (Å²) in [6.07, 6.45) is 0.981. The molecule has 5 heteroatoms. The smallest absolute Gasteiger partial charge is 0.251 e. The van der Waals surface area contributed by atoms with E-state index < -0.39 is 0 Å². The van der Waals surface area contributed by atoms with Crippen LogP contribution >= 0.6 is 39.1 Å². The molecule has 0 radical (unpaired) electrons. The number of alkyl halides is 1. The molecule has 1 rings (SSSR count). The van der Waals surface area contributed by atoms with Crippen molar-refractivity contribution >= 4 is 45.0 Å². The van der Waals surface area contributed by atoms with Crippen molar-refractivity contribution in [3.8, 4) is 0 Å². The minimum atomic E-state index is -0.142. The van der Waals surface area contributed by atoms with Gasteiger partial charge in [0.1, 0.15) is 0 Å². The zero-order valence-corrected chi connectivity index (χ0v) is 14.4. The highest BCUT2D eigenvalue weighted by Crippen LogP contribution is 2.25. The van der Waals surface area contributed by atoms with Gasteiger partial charge in [0, 0.05) is 16.9 Å². The molecular weight excluding hydrogens is 349 g/mol. The Morgan fingerprint density at radius 3 is 2.47 bits per heavy atom. The highest BCUT2D eigenvalue weighted by atomic mass is 79.9. The number of hydrogen-bond donors (Lipinski definition) is 1. The average Bonchev–Trinajstić information content (AvgIpc) is 2.27. The van der Waals surface area contributed by atoms with E-state index in [0.29, 0.717) is 22.2 Å². The molecule has 1 aromatic carbocycles. The van der Waals surface area contributed by atoms with Gasteiger partial charge in [0.2, 0.25) is 0 Å². The third-order valence-electron chi connectivity index (χ3n) is 2.50. The summed E-state index contributed by atoms with van der Waals surface area (Å²) in [5.41, 5.74) is 0.743. The van der Waals surface area contributed by atoms with E-state index >= 15 is 0 Å². The van der Waals surface area contributed by atoms with E-state index in [4.69, 9.17) is 23.2 Å². The first-order valence-electron chi connectivity index (χ1n) is 6.06. The van der Waals surface area contributed by atoms with E-state index in [0.717, 1.165) is 6.42 Å². The Kier molecular flexibility index (Phi) is 6.15. The standard InChI is InChI=1S/C14H18BrCl2NO/c1-14(2,3)7-10(15)8-18-13(19)9-4-5-11(16)12(17)6-9/h4-6,10H,7-8H2,1-3H3,(H,18,19). The van der Waals surface area contributed by atoms with Gasteiger partial charge in [-0.1, -0.05) is 59.9 Å². The molecule has 1 amide bonds. The lowest BCUT2D eigenvalue weighted by Crippen LogP contribution is -2.31. The predicted molar refractivity (Wildman–Crippen MR) is 85.6 cm³/mol. The molecule has 0 aliphatic carbocycles. The predicted octanol–water partition coefficient (Wildman–Crippen LogP) is 4.92. The summed E-state index contributed by atoms with van der Waals surface area (Å²) in [6.45, 7) is 7.09. The summed E-state index contributed by atoms with van der Waals surface area (Å²) in [5.74, 6) is -0.142. The highest BCUT2D eigenvalue weighted by Gasteiger charge is 2.17. The van der Waals surface area contributed by atoms with Crippen LogP contribution in [0.1, 0.15) is 37.6 Å². The van der Waals surface area contributed by atoms with Crippen molar-refractivity contribution in [3.63, 3.8) is 0 Å². The van der Waals surface area contributed by atoms with Gasteiger partial charge in [0.05, 0.1) is 10.0 Å². The molecular formula is C14H18BrCl2NO. The fourth-order valence-corrected chi connectivity index (χ4v) is 3.11. The molecule has 0 saturated carbocycles. The second kappa shape index (κ2) is 6.96. The molecule has 0 aliphatic heterocycles. The number of halogens is 3. The summed E-state index contributed by atoms with van der Waals surface area (Å²) in [7, 11) is 0. The Morgan fingerprint density at radius 1 is 1.32 bits per heavy atom. The first kappa shape index (κ1) is 16.8. The molecule has 1 aromatic rings. The minimum Gasteiger partial charge on any atom is -0.351 e. The van der Waals surface area contributed by atoms with Gasteiger partial charge in [-0.15, -0.1) is 0 Å². The van der Waals surface area contributed by atoms with Gasteiger partial charge in [-0.3, -0.25) is 4.79 Å². The molecule has 0 bridgehead atoms. The van der Waals surface area contributed by atoms with Crippen molar-refractivity contribution in [2.75, 3.05) is 6.54 Å². The first-order valence-corrected chi connectivity index (χ1v) is 7.73. The zero-order chi connectivity index (χ0) is 14.6. The second-order valence-corrected chi connectivity index (χ2v) is 7.81. The number of carbonyl (C=O) groups is 1. The minimum absolute atomic E-state index is 0.142. The summed E-state index contributed by atoms with van der Waals surface area (Å²) in [6, 6.07) is 4.86. The fraction of sp³-hybridized carbons (Fsp3) is 0.500. The van der Waals surface area contributed by atoms with Gasteiger partial charge in [-0.25, -0.2) is 0 Å². The summed E-state index contributed by atoms with van der Waals surface area (Å²) < 4.78 is 0. The first-order chi connectivity index (χ1) is 8.69. The number of nitrogens with one attached hydrogen (secondary N) is 1. The van der Waals surface area contributed by atoms with Crippen LogP contribution in [0.15, 0.2) is 18.2 Å². The molecule has 0 spiro atoms. The molecule has 0 saturated heterocycles. The molecule has 2 nitrogen and oxygen atoms in total. The Labute approximate surface area is 133 Å². The van der Waals surface area contributed by atoms with Gasteiger partial charge in [0.15, 0.2) is 0 Å². The second-order valence-electron chi connectivity index (χ2n) is 5.70. The largest absolute Gasteiger partial charge is 0.351 e. The molecule has 0 fully saturated rings. The zero-order valence-electron chi connectivity index (χ0n) is 11.3. The van der Waals surface area contributed by atoms with Gasteiger partial charge < -0.3 is 5.32 Å². The number of carbonyl (C=O) groups excluding carboxylic acids is 1. The van der Waals surface area contributed by atoms with Crippen molar-refractivity contribution < 1.29 is 4.79 Å². The van der Waals surface area contributed by atoms with Crippen LogP contribution in [0.25, 0.3) is 0 Å². The Bertz CT molecular complexity index is 457. The summed E-state index contributed by atoms with van der Waals surface area (Å²) in [5, 5.41) is 3.72. The third-order valence-corrected chi connectivity index (χ3v) is 3.89. The molecule has 106 valence electrons. The molecule has 19 heavy (non-hydrogen) atoms. The normalized spacial score (nSPS) is 13.2. The Balaban J connectivity index is 2.53. The van der Waals surface area contributed by atoms with E-state index in [9.17, 15) is 4.79 Å². The van der Waals surface area contributed by atoms with Crippen molar-refractivity contribution in [2.24, 2.45) is 5.41 Å². The maximum absolute atomic E-state index is 11.9. The van der Waals surface area contributed by atoms with Crippen LogP contribution in [0.4, 0.5) is 0 Å². The Hall–Kier alpha value is -0.250. The van der Waals surface area contributed by atoms with Crippen LogP contribution in [0.2, 0.25) is 10.0 Å². The molecule has 0 aliphatic rings. The molecule has 0 aromatic heterocycles. The van der Waals surface area contributed by atoms with Gasteiger partial charge in [0.25, 0.3) is 5.91 Å². The summed E-state index contributed by atoms with van der Waals surface area (Å²) in [4.78, 5) is 12.2. The monoisotopic (exact) mass is 365 g/mol. The third kappa shape index (κ3) is 6.15. The molecule has 0 heterocycles. The average molecular weight is 367 g/mol. The number of amides is 1. The molecule has 1 N–H and O–H groups in total. The van der Waals surface area contributed by atoms with Gasteiger partial charge in [-0.2, -0.15) is 0 Å². The molecule has 1 atom stereocenters. The van der Waals surface area contributed by atoms with Crippen LogP contribution in [0, 0.1) is 5.41 Å². The van der Waals surface area contributed by atoms with Crippen LogP contribution in [-0.4, -0.2) is 17.3 Å². The van der Waals surface area contributed by atoms with E-state index in [2.05, 4.69) is 42.0 Å². The molecule has 1 unspecified atom stereocenters. The van der Waals surface area contributed by atoms with Crippen LogP contribution < -0.4 is 5.32 Å². The lowest BCUT2D eigenvalue weighted by atomic mass is 9.90. The fourth-order valence-electron chi connectivity index (χ4n) is 1.68. The van der Waals surface area contributed by atoms with Crippen LogP contribution in [0.3, 0.4) is 0 Å². The van der Waals surface area contributed by atoms with Crippen molar-refractivity contribution in [2.45, 2.75) is 32.0 Å². The van der Waals surface area contributed by atoms with E-state index in [1.807, 2.05) is 0 Å². The van der Waals surface area contributed by atoms with Gasteiger partial charge in [-0.05, 0) is 30.0 Å². The summed E-state index contributed by atoms with van der Waals surface area (Å²) >= 11 is 15.3. The highest BCUT2D eigenvalue weighted by molar-refractivity contribution is 9.09. The van der Waals surface area contributed by atoms with E-state index in [-0.39, 0.29) is 16.1 Å². The van der Waals surface area contributed by atoms with Crippen LogP contribution in [-0.2, 0) is 0 Å². The lowest BCUT2D eigenvalue weighted by Gasteiger charge is -2.22. The van der Waals surface area contributed by atoms with E-state index in [1.54, 1.807) is 18.2 Å². The van der Waals surface area contributed by atoms with Crippen molar-refractivity contribution in [1.82, 2.24) is 5.32 Å². The number of hydrogen-bond acceptors (Lipinski definition) is 1. The van der Waals surface area contributed by atoms with E-state index in [1.165, 1.54) is 0 Å². The van der Waals surface area contributed by atoms with Crippen molar-refractivity contribution in [3.05, 3.63) is 33.8 Å². The Morgan fingerprint density at radius 2 is 1.95 bits per heavy atom.